The zero-order chi connectivity index (χ0) is 43.3. The highest BCUT2D eigenvalue weighted by atomic mass is 35.5. The van der Waals surface area contributed by atoms with Gasteiger partial charge in [-0.05, 0) is 88.2 Å². The Labute approximate surface area is 350 Å². The summed E-state index contributed by atoms with van der Waals surface area (Å²) >= 11 is 5.96. The van der Waals surface area contributed by atoms with Crippen LogP contribution in [0.3, 0.4) is 0 Å². The van der Waals surface area contributed by atoms with Crippen LogP contribution in [0.5, 0.6) is 0 Å². The Morgan fingerprint density at radius 1 is 0.750 bits per heavy atom. The van der Waals surface area contributed by atoms with Gasteiger partial charge in [0, 0.05) is 59.4 Å². The average Bonchev–Trinajstić information content (AvgIpc) is 3.25. The molecule has 1 amide bonds. The van der Waals surface area contributed by atoms with E-state index in [2.05, 4.69) is 25.8 Å². The number of primary amides is 1. The fraction of sp³-hybridized carbons (Fsp3) is 0.205. The zero-order valence-corrected chi connectivity index (χ0v) is 34.2. The van der Waals surface area contributed by atoms with E-state index in [4.69, 9.17) is 22.1 Å². The van der Waals surface area contributed by atoms with E-state index in [0.29, 0.717) is 40.6 Å². The highest BCUT2D eigenvalue weighted by Crippen LogP contribution is 2.29. The highest BCUT2D eigenvalue weighted by Gasteiger charge is 2.27. The van der Waals surface area contributed by atoms with Crippen molar-refractivity contribution >= 4 is 57.8 Å². The summed E-state index contributed by atoms with van der Waals surface area (Å²) in [4.78, 5) is 79.7. The smallest absolute Gasteiger partial charge is 0.359 e. The monoisotopic (exact) mass is 830 g/mol. The Kier molecular flexibility index (Phi) is 14.9. The quantitative estimate of drug-likeness (QED) is 0.0704. The van der Waals surface area contributed by atoms with E-state index >= 15 is 0 Å². The van der Waals surface area contributed by atoms with Crippen LogP contribution in [0.25, 0.3) is 11.3 Å². The second-order valence-corrected chi connectivity index (χ2v) is 13.5. The van der Waals surface area contributed by atoms with Crippen LogP contribution in [0, 0.1) is 0 Å². The molecule has 0 radical (unpaired) electrons. The number of aryl methyl sites for hydroxylation is 3. The van der Waals surface area contributed by atoms with Gasteiger partial charge >= 0.3 is 5.97 Å². The van der Waals surface area contributed by atoms with Gasteiger partial charge in [-0.25, -0.2) is 14.2 Å². The number of halogens is 1. The van der Waals surface area contributed by atoms with Crippen molar-refractivity contribution in [3.8, 4) is 11.3 Å². The molecule has 0 fully saturated rings. The third kappa shape index (κ3) is 10.6. The number of pyridine rings is 1. The first-order chi connectivity index (χ1) is 28.9. The van der Waals surface area contributed by atoms with Gasteiger partial charge in [0.15, 0.2) is 17.3 Å². The van der Waals surface area contributed by atoms with Gasteiger partial charge in [-0.1, -0.05) is 54.1 Å². The van der Waals surface area contributed by atoms with E-state index in [1.807, 2.05) is 30.3 Å². The Morgan fingerprint density at radius 3 is 1.93 bits per heavy atom. The van der Waals surface area contributed by atoms with Crippen molar-refractivity contribution in [3.63, 3.8) is 0 Å². The summed E-state index contributed by atoms with van der Waals surface area (Å²) in [6, 6.07) is 26.3. The van der Waals surface area contributed by atoms with Crippen LogP contribution in [-0.4, -0.2) is 54.6 Å². The molecule has 3 heterocycles. The number of amides is 1. The molecule has 6 rings (SSSR count). The number of Topliss-reactive ketones (excluding diaryl/α,β-unsaturated/α-hetero) is 2. The first-order valence-corrected chi connectivity index (χ1v) is 19.4. The number of carbonyl (C=O) groups is 4. The topological polar surface area (TPSA) is 210 Å². The summed E-state index contributed by atoms with van der Waals surface area (Å²) < 4.78 is 7.38. The maximum absolute atomic E-state index is 13.6. The van der Waals surface area contributed by atoms with Gasteiger partial charge < -0.3 is 21.1 Å². The highest BCUT2D eigenvalue weighted by molar-refractivity contribution is 6.30. The summed E-state index contributed by atoms with van der Waals surface area (Å²) in [5.41, 5.74) is 7.78. The summed E-state index contributed by atoms with van der Waals surface area (Å²) in [5.74, 6) is -2.04. The molecule has 0 bridgehead atoms. The maximum Gasteiger partial charge on any atom is 0.359 e. The van der Waals surface area contributed by atoms with Gasteiger partial charge in [0.25, 0.3) is 11.1 Å². The van der Waals surface area contributed by atoms with Crippen molar-refractivity contribution in [2.45, 2.75) is 53.6 Å². The maximum atomic E-state index is 13.6. The molecule has 0 aliphatic carbocycles. The van der Waals surface area contributed by atoms with E-state index in [-0.39, 0.29) is 59.1 Å². The molecule has 0 saturated heterocycles. The van der Waals surface area contributed by atoms with Crippen molar-refractivity contribution in [3.05, 3.63) is 157 Å². The zero-order valence-electron chi connectivity index (χ0n) is 33.4. The lowest BCUT2D eigenvalue weighted by Gasteiger charge is -2.17. The van der Waals surface area contributed by atoms with Gasteiger partial charge in [-0.3, -0.25) is 29.0 Å². The minimum atomic E-state index is -0.760. The first kappa shape index (κ1) is 43.9. The number of nitrogens with zero attached hydrogens (tertiary/aromatic N) is 5. The van der Waals surface area contributed by atoms with Crippen LogP contribution in [0.4, 0.5) is 22.7 Å². The molecular formula is C44H43ClN8O7. The van der Waals surface area contributed by atoms with Crippen molar-refractivity contribution in [1.82, 2.24) is 24.5 Å². The lowest BCUT2D eigenvalue weighted by molar-refractivity contribution is 0.0512. The fourth-order valence-electron chi connectivity index (χ4n) is 6.10. The molecule has 0 saturated carbocycles. The normalized spacial score (nSPS) is 10.6. The Balaban J connectivity index is 0.000000241. The van der Waals surface area contributed by atoms with Crippen LogP contribution >= 0.6 is 11.6 Å². The fourth-order valence-corrected chi connectivity index (χ4v) is 6.29. The van der Waals surface area contributed by atoms with E-state index in [9.17, 15) is 28.8 Å². The summed E-state index contributed by atoms with van der Waals surface area (Å²) in [5, 5.41) is 15.0. The second-order valence-electron chi connectivity index (χ2n) is 13.1. The standard InChI is InChI=1S/C27H25N5O3.C17H18ClN3O4/c1-2-32-27(35)25(30-21-10-6-9-20(17-21)26(28)34)23(24(31-32)19-13-15-29-16-14-19)22(33)12-11-18-7-4-3-5-8-18;1-4-21-16(23)14(19-12-8-6-7-11(18)9-12)13(10(3)22)15(20-21)17(24)25-5-2/h3-10,13-17,30H,2,11-12H2,1H3,(H2,28,34);6-9,19H,4-5H2,1-3H3. The molecule has 0 unspecified atom stereocenters. The lowest BCUT2D eigenvalue weighted by Crippen LogP contribution is -2.31. The number of aromatic nitrogens is 5. The Morgan fingerprint density at radius 2 is 1.35 bits per heavy atom. The summed E-state index contributed by atoms with van der Waals surface area (Å²) in [6.45, 7) is 7.09. The van der Waals surface area contributed by atoms with Crippen molar-refractivity contribution in [2.24, 2.45) is 5.73 Å². The molecule has 6 aromatic rings. The number of carbonyl (C=O) groups excluding carboxylic acids is 4. The van der Waals surface area contributed by atoms with Gasteiger partial charge in [-0.15, -0.1) is 0 Å². The van der Waals surface area contributed by atoms with E-state index in [1.165, 1.54) is 11.6 Å². The van der Waals surface area contributed by atoms with Crippen LogP contribution in [-0.2, 0) is 24.2 Å². The number of nitrogens with two attached hydrogens (primary N) is 1. The number of hydrogen-bond donors (Lipinski definition) is 3. The molecule has 3 aromatic heterocycles. The molecule has 16 heteroatoms. The van der Waals surface area contributed by atoms with Crippen LogP contribution in [0.1, 0.15) is 81.2 Å². The number of ketones is 2. The van der Waals surface area contributed by atoms with Crippen LogP contribution in [0.2, 0.25) is 5.02 Å². The molecule has 0 aliphatic heterocycles. The summed E-state index contributed by atoms with van der Waals surface area (Å²) in [7, 11) is 0. The Bertz CT molecular complexity index is 2650. The number of rotatable bonds is 15. The minimum absolute atomic E-state index is 0.0327. The minimum Gasteiger partial charge on any atom is -0.461 e. The third-order valence-electron chi connectivity index (χ3n) is 8.96. The number of hydrogen-bond acceptors (Lipinski definition) is 12. The van der Waals surface area contributed by atoms with E-state index in [1.54, 1.807) is 93.8 Å². The van der Waals surface area contributed by atoms with Crippen LogP contribution < -0.4 is 27.5 Å². The van der Waals surface area contributed by atoms with Gasteiger partial charge in [0.05, 0.1) is 17.7 Å². The summed E-state index contributed by atoms with van der Waals surface area (Å²) in [6.07, 6.45) is 3.93. The molecule has 0 atom stereocenters. The number of esters is 1. The van der Waals surface area contributed by atoms with Gasteiger partial charge in [-0.2, -0.15) is 10.2 Å². The number of benzene rings is 3. The molecular weight excluding hydrogens is 788 g/mol. The molecule has 4 N–H and O–H groups in total. The number of anilines is 4. The molecule has 0 spiro atoms. The largest absolute Gasteiger partial charge is 0.461 e. The average molecular weight is 831 g/mol. The predicted molar refractivity (Wildman–Crippen MR) is 230 cm³/mol. The third-order valence-corrected chi connectivity index (χ3v) is 9.19. The number of nitrogens with one attached hydrogen (secondary N) is 2. The van der Waals surface area contributed by atoms with Crippen molar-refractivity contribution in [1.29, 1.82) is 0 Å². The Hall–Kier alpha value is -7.26. The molecule has 3 aromatic carbocycles. The second kappa shape index (κ2) is 20.4. The van der Waals surface area contributed by atoms with Crippen molar-refractivity contribution < 1.29 is 23.9 Å². The van der Waals surface area contributed by atoms with E-state index < -0.39 is 28.8 Å². The van der Waals surface area contributed by atoms with Crippen molar-refractivity contribution in [2.75, 3.05) is 17.2 Å². The van der Waals surface area contributed by atoms with Gasteiger partial charge in [0.1, 0.15) is 17.1 Å². The number of ether oxygens (including phenoxy) is 1. The molecule has 60 heavy (non-hydrogen) atoms. The molecule has 308 valence electrons. The molecule has 0 aliphatic rings. The van der Waals surface area contributed by atoms with E-state index in [0.717, 1.165) is 10.2 Å². The van der Waals surface area contributed by atoms with Gasteiger partial charge in [0.2, 0.25) is 5.91 Å². The lowest BCUT2D eigenvalue weighted by atomic mass is 9.97. The van der Waals surface area contributed by atoms with Crippen LogP contribution in [0.15, 0.2) is 113 Å². The SMILES string of the molecule is CCOC(=O)c1nn(CC)c(=O)c(Nc2cccc(Cl)c2)c1C(C)=O.CCn1nc(-c2ccncc2)c(C(=O)CCc2ccccc2)c(Nc2cccc(C(N)=O)c2)c1=O. The first-order valence-electron chi connectivity index (χ1n) is 19.0. The molecule has 15 nitrogen and oxygen atoms in total. The predicted octanol–water partition coefficient (Wildman–Crippen LogP) is 7.02.